The summed E-state index contributed by atoms with van der Waals surface area (Å²) in [7, 11) is 3.48. The number of amides is 1. The van der Waals surface area contributed by atoms with Gasteiger partial charge in [0.25, 0.3) is 5.91 Å². The van der Waals surface area contributed by atoms with E-state index in [-0.39, 0.29) is 11.8 Å². The highest BCUT2D eigenvalue weighted by Crippen LogP contribution is 2.17. The van der Waals surface area contributed by atoms with Crippen LogP contribution in [-0.2, 0) is 11.8 Å². The summed E-state index contributed by atoms with van der Waals surface area (Å²) in [4.78, 5) is 21.6. The zero-order valence-electron chi connectivity index (χ0n) is 13.4. The molecule has 0 fully saturated rings. The molecule has 0 atom stereocenters. The van der Waals surface area contributed by atoms with E-state index >= 15 is 0 Å². The summed E-state index contributed by atoms with van der Waals surface area (Å²) >= 11 is 1.47. The predicted molar refractivity (Wildman–Crippen MR) is 92.3 cm³/mol. The Morgan fingerprint density at radius 2 is 2.08 bits per heavy atom. The van der Waals surface area contributed by atoms with Crippen LogP contribution in [0.15, 0.2) is 47.6 Å². The summed E-state index contributed by atoms with van der Waals surface area (Å²) < 4.78 is 13.4. The Hall–Kier alpha value is -2.51. The maximum absolute atomic E-state index is 12.6. The molecule has 124 valence electrons. The van der Waals surface area contributed by atoms with Crippen LogP contribution in [0.2, 0.25) is 0 Å². The number of rotatable bonds is 5. The third-order valence-electron chi connectivity index (χ3n) is 3.44. The van der Waals surface area contributed by atoms with Gasteiger partial charge in [-0.1, -0.05) is 23.5 Å². The highest BCUT2D eigenvalue weighted by molar-refractivity contribution is 7.16. The molecule has 0 aliphatic rings. The Balaban J connectivity index is 1.95. The van der Waals surface area contributed by atoms with Gasteiger partial charge in [0, 0.05) is 20.4 Å². The SMILES string of the molecule is COCCOc1ncccc1C(=O)N=c1sc2ccccc2n1C. The van der Waals surface area contributed by atoms with Crippen LogP contribution in [0.25, 0.3) is 10.2 Å². The summed E-state index contributed by atoms with van der Waals surface area (Å²) in [6, 6.07) is 11.3. The number of carbonyl (C=O) groups excluding carboxylic acids is 1. The fraction of sp³-hybridized carbons (Fsp3) is 0.235. The number of aromatic nitrogens is 2. The molecule has 0 radical (unpaired) electrons. The van der Waals surface area contributed by atoms with Crippen LogP contribution < -0.4 is 9.54 Å². The van der Waals surface area contributed by atoms with E-state index < -0.39 is 0 Å². The van der Waals surface area contributed by atoms with E-state index in [4.69, 9.17) is 9.47 Å². The van der Waals surface area contributed by atoms with E-state index in [1.54, 1.807) is 25.4 Å². The summed E-state index contributed by atoms with van der Waals surface area (Å²) in [6.07, 6.45) is 1.58. The van der Waals surface area contributed by atoms with Crippen LogP contribution in [0.5, 0.6) is 5.88 Å². The van der Waals surface area contributed by atoms with Gasteiger partial charge in [0.05, 0.1) is 16.8 Å². The number of ether oxygens (including phenoxy) is 2. The molecule has 3 rings (SSSR count). The first-order chi connectivity index (χ1) is 11.7. The largest absolute Gasteiger partial charge is 0.475 e. The van der Waals surface area contributed by atoms with Gasteiger partial charge in [0.15, 0.2) is 4.80 Å². The molecule has 0 aliphatic heterocycles. The van der Waals surface area contributed by atoms with Gasteiger partial charge in [0.1, 0.15) is 12.2 Å². The zero-order chi connectivity index (χ0) is 16.9. The average Bonchev–Trinajstić information content (AvgIpc) is 2.92. The molecule has 2 heterocycles. The second-order valence-corrected chi connectivity index (χ2v) is 6.03. The monoisotopic (exact) mass is 343 g/mol. The second-order valence-electron chi connectivity index (χ2n) is 5.03. The lowest BCUT2D eigenvalue weighted by molar-refractivity contribution is 0.0988. The smallest absolute Gasteiger partial charge is 0.285 e. The van der Waals surface area contributed by atoms with Crippen LogP contribution in [-0.4, -0.2) is 35.8 Å². The van der Waals surface area contributed by atoms with Crippen LogP contribution in [0.4, 0.5) is 0 Å². The maximum Gasteiger partial charge on any atom is 0.285 e. The Labute approximate surface area is 143 Å². The van der Waals surface area contributed by atoms with Crippen molar-refractivity contribution in [1.29, 1.82) is 0 Å². The van der Waals surface area contributed by atoms with Crippen molar-refractivity contribution >= 4 is 27.5 Å². The number of methoxy groups -OCH3 is 1. The highest BCUT2D eigenvalue weighted by atomic mass is 32.1. The van der Waals surface area contributed by atoms with Crippen molar-refractivity contribution in [3.63, 3.8) is 0 Å². The van der Waals surface area contributed by atoms with E-state index in [0.29, 0.717) is 23.6 Å². The molecule has 1 amide bonds. The second kappa shape index (κ2) is 7.37. The standard InChI is InChI=1S/C17H17N3O3S/c1-20-13-7-3-4-8-14(13)24-17(20)19-15(21)12-6-5-9-18-16(12)23-11-10-22-2/h3-9H,10-11H2,1-2H3. The van der Waals surface area contributed by atoms with Gasteiger partial charge in [-0.15, -0.1) is 0 Å². The fourth-order valence-corrected chi connectivity index (χ4v) is 3.24. The van der Waals surface area contributed by atoms with E-state index in [1.165, 1.54) is 11.3 Å². The van der Waals surface area contributed by atoms with Crippen LogP contribution in [0.3, 0.4) is 0 Å². The lowest BCUT2D eigenvalue weighted by atomic mass is 10.2. The van der Waals surface area contributed by atoms with Crippen molar-refractivity contribution in [2.45, 2.75) is 0 Å². The normalized spacial score (nSPS) is 11.8. The van der Waals surface area contributed by atoms with E-state index in [1.807, 2.05) is 35.9 Å². The molecular weight excluding hydrogens is 326 g/mol. The Bertz CT molecular complexity index is 930. The number of hydrogen-bond donors (Lipinski definition) is 0. The number of carbonyl (C=O) groups is 1. The average molecular weight is 343 g/mol. The van der Waals surface area contributed by atoms with E-state index in [0.717, 1.165) is 10.2 Å². The van der Waals surface area contributed by atoms with Crippen molar-refractivity contribution in [2.75, 3.05) is 20.3 Å². The topological polar surface area (TPSA) is 65.7 Å². The molecule has 0 saturated carbocycles. The summed E-state index contributed by atoms with van der Waals surface area (Å²) in [6.45, 7) is 0.747. The van der Waals surface area contributed by atoms with Gasteiger partial charge >= 0.3 is 0 Å². The molecule has 0 unspecified atom stereocenters. The van der Waals surface area contributed by atoms with Gasteiger partial charge in [-0.25, -0.2) is 4.98 Å². The van der Waals surface area contributed by atoms with Crippen molar-refractivity contribution < 1.29 is 14.3 Å². The third-order valence-corrected chi connectivity index (χ3v) is 4.55. The lowest BCUT2D eigenvalue weighted by Gasteiger charge is -2.07. The van der Waals surface area contributed by atoms with Gasteiger partial charge in [-0.2, -0.15) is 4.99 Å². The first-order valence-corrected chi connectivity index (χ1v) is 8.22. The van der Waals surface area contributed by atoms with Crippen LogP contribution in [0, 0.1) is 0 Å². The number of para-hydroxylation sites is 1. The Morgan fingerprint density at radius 1 is 1.25 bits per heavy atom. The minimum Gasteiger partial charge on any atom is -0.475 e. The molecule has 1 aromatic carbocycles. The molecule has 6 nitrogen and oxygen atoms in total. The molecule has 2 aromatic heterocycles. The maximum atomic E-state index is 12.6. The molecule has 0 bridgehead atoms. The molecule has 0 spiro atoms. The predicted octanol–water partition coefficient (Wildman–Crippen LogP) is 2.40. The molecule has 0 aliphatic carbocycles. The molecule has 0 saturated heterocycles. The highest BCUT2D eigenvalue weighted by Gasteiger charge is 2.13. The Morgan fingerprint density at radius 3 is 2.88 bits per heavy atom. The number of aryl methyl sites for hydroxylation is 1. The number of benzene rings is 1. The minimum absolute atomic E-state index is 0.270. The van der Waals surface area contributed by atoms with Gasteiger partial charge in [-0.05, 0) is 24.3 Å². The molecule has 0 N–H and O–H groups in total. The van der Waals surface area contributed by atoms with Crippen molar-refractivity contribution in [3.05, 3.63) is 53.0 Å². The van der Waals surface area contributed by atoms with Gasteiger partial charge in [0.2, 0.25) is 5.88 Å². The number of thiazole rings is 1. The quantitative estimate of drug-likeness (QED) is 0.667. The Kier molecular flexibility index (Phi) is 5.02. The molecule has 7 heteroatoms. The van der Waals surface area contributed by atoms with Gasteiger partial charge in [-0.3, -0.25) is 4.79 Å². The first kappa shape index (κ1) is 16.4. The van der Waals surface area contributed by atoms with Crippen molar-refractivity contribution in [1.82, 2.24) is 9.55 Å². The minimum atomic E-state index is -0.377. The van der Waals surface area contributed by atoms with Crippen molar-refractivity contribution in [2.24, 2.45) is 12.0 Å². The summed E-state index contributed by atoms with van der Waals surface area (Å²) in [5.74, 6) is -0.107. The van der Waals surface area contributed by atoms with Crippen LogP contribution in [0.1, 0.15) is 10.4 Å². The van der Waals surface area contributed by atoms with E-state index in [9.17, 15) is 4.79 Å². The number of fused-ring (bicyclic) bond motifs is 1. The molecular formula is C17H17N3O3S. The summed E-state index contributed by atoms with van der Waals surface area (Å²) in [5.41, 5.74) is 1.38. The molecule has 3 aromatic rings. The first-order valence-electron chi connectivity index (χ1n) is 7.41. The molecule has 24 heavy (non-hydrogen) atoms. The third kappa shape index (κ3) is 3.37. The van der Waals surface area contributed by atoms with Crippen LogP contribution >= 0.6 is 11.3 Å². The number of pyridine rings is 1. The zero-order valence-corrected chi connectivity index (χ0v) is 14.2. The number of nitrogens with zero attached hydrogens (tertiary/aromatic N) is 3. The van der Waals surface area contributed by atoms with Gasteiger partial charge < -0.3 is 14.0 Å². The number of hydrogen-bond acceptors (Lipinski definition) is 5. The summed E-state index contributed by atoms with van der Waals surface area (Å²) in [5, 5.41) is 0. The van der Waals surface area contributed by atoms with Crippen molar-refractivity contribution in [3.8, 4) is 5.88 Å². The van der Waals surface area contributed by atoms with E-state index in [2.05, 4.69) is 9.98 Å². The fourth-order valence-electron chi connectivity index (χ4n) is 2.23. The lowest BCUT2D eigenvalue weighted by Crippen LogP contribution is -2.14.